The summed E-state index contributed by atoms with van der Waals surface area (Å²) in [5.41, 5.74) is 1.03. The van der Waals surface area contributed by atoms with E-state index in [-0.39, 0.29) is 6.61 Å². The van der Waals surface area contributed by atoms with Gasteiger partial charge in [0, 0.05) is 18.4 Å². The van der Waals surface area contributed by atoms with Gasteiger partial charge in [-0.3, -0.25) is 4.79 Å². The highest BCUT2D eigenvalue weighted by Crippen LogP contribution is 2.25. The van der Waals surface area contributed by atoms with Crippen molar-refractivity contribution in [2.75, 3.05) is 0 Å². The molecule has 4 heteroatoms. The van der Waals surface area contributed by atoms with Crippen LogP contribution in [0.2, 0.25) is 0 Å². The number of aromatic nitrogens is 1. The number of para-hydroxylation sites is 1. The molecule has 0 unspecified atom stereocenters. The average Bonchev–Trinajstić information content (AvgIpc) is 2.47. The average molecular weight is 267 g/mol. The molecule has 100 valence electrons. The Morgan fingerprint density at radius 2 is 1.65 bits per heavy atom. The van der Waals surface area contributed by atoms with Gasteiger partial charge in [0.25, 0.3) is 0 Å². The summed E-state index contributed by atoms with van der Waals surface area (Å²) in [5.74, 6) is -0.401. The Morgan fingerprint density at radius 3 is 2.35 bits per heavy atom. The van der Waals surface area contributed by atoms with Crippen molar-refractivity contribution in [2.45, 2.75) is 13.5 Å². The molecular weight excluding hydrogens is 254 g/mol. The maximum absolute atomic E-state index is 12.5. The summed E-state index contributed by atoms with van der Waals surface area (Å²) < 4.78 is 5.85. The first-order valence-electron chi connectivity index (χ1n) is 6.33. The zero-order chi connectivity index (χ0) is 14.1. The van der Waals surface area contributed by atoms with E-state index in [1.54, 1.807) is 6.07 Å². The Kier molecular flexibility index (Phi) is 2.99. The standard InChI is InChI=1S/C16H13NO3/c1-11(18)20-10-16-14-8-3-2-6-12(14)13-7-4-5-9-15(13)17(16)19/h2-9H,10H2,1H3. The molecule has 4 nitrogen and oxygen atoms in total. The molecule has 0 aliphatic carbocycles. The summed E-state index contributed by atoms with van der Waals surface area (Å²) in [7, 11) is 0. The van der Waals surface area contributed by atoms with Crippen molar-refractivity contribution in [3.63, 3.8) is 0 Å². The summed E-state index contributed by atoms with van der Waals surface area (Å²) in [6.07, 6.45) is 0. The van der Waals surface area contributed by atoms with Crippen LogP contribution in [0, 0.1) is 5.21 Å². The zero-order valence-corrected chi connectivity index (χ0v) is 11.0. The van der Waals surface area contributed by atoms with Crippen molar-refractivity contribution >= 4 is 27.6 Å². The molecule has 0 bridgehead atoms. The van der Waals surface area contributed by atoms with Crippen LogP contribution in [0.15, 0.2) is 48.5 Å². The molecule has 0 N–H and O–H groups in total. The van der Waals surface area contributed by atoms with Gasteiger partial charge in [0.15, 0.2) is 6.61 Å². The van der Waals surface area contributed by atoms with E-state index in [0.29, 0.717) is 11.2 Å². The molecule has 0 saturated heterocycles. The lowest BCUT2D eigenvalue weighted by molar-refractivity contribution is -0.586. The van der Waals surface area contributed by atoms with E-state index in [0.717, 1.165) is 20.9 Å². The molecule has 20 heavy (non-hydrogen) atoms. The number of esters is 1. The fourth-order valence-corrected chi connectivity index (χ4v) is 2.41. The van der Waals surface area contributed by atoms with Crippen molar-refractivity contribution in [1.29, 1.82) is 0 Å². The zero-order valence-electron chi connectivity index (χ0n) is 11.0. The van der Waals surface area contributed by atoms with Gasteiger partial charge in [0.2, 0.25) is 11.2 Å². The van der Waals surface area contributed by atoms with Gasteiger partial charge in [0.05, 0.1) is 10.8 Å². The van der Waals surface area contributed by atoms with Crippen LogP contribution in [0.5, 0.6) is 0 Å². The van der Waals surface area contributed by atoms with E-state index in [2.05, 4.69) is 0 Å². The van der Waals surface area contributed by atoms with Gasteiger partial charge in [-0.15, -0.1) is 0 Å². The molecule has 0 amide bonds. The minimum atomic E-state index is -0.401. The number of carbonyl (C=O) groups excluding carboxylic acids is 1. The highest BCUT2D eigenvalue weighted by Gasteiger charge is 2.18. The van der Waals surface area contributed by atoms with Crippen LogP contribution in [-0.4, -0.2) is 5.97 Å². The monoisotopic (exact) mass is 267 g/mol. The molecule has 0 saturated carbocycles. The number of fused-ring (bicyclic) bond motifs is 3. The maximum Gasteiger partial charge on any atom is 0.303 e. The van der Waals surface area contributed by atoms with E-state index in [9.17, 15) is 10.0 Å². The second-order valence-corrected chi connectivity index (χ2v) is 4.58. The summed E-state index contributed by atoms with van der Waals surface area (Å²) >= 11 is 0. The smallest absolute Gasteiger partial charge is 0.303 e. The Balaban J connectivity index is 2.35. The first-order chi connectivity index (χ1) is 9.68. The Labute approximate surface area is 115 Å². The number of rotatable bonds is 2. The molecule has 3 rings (SSSR count). The van der Waals surface area contributed by atoms with Crippen molar-refractivity contribution in [3.05, 3.63) is 59.4 Å². The van der Waals surface area contributed by atoms with Crippen LogP contribution in [-0.2, 0) is 16.1 Å². The van der Waals surface area contributed by atoms with E-state index in [4.69, 9.17) is 4.74 Å². The molecule has 0 aliphatic heterocycles. The molecule has 0 spiro atoms. The Morgan fingerprint density at radius 1 is 1.05 bits per heavy atom. The van der Waals surface area contributed by atoms with Crippen LogP contribution >= 0.6 is 0 Å². The predicted molar refractivity (Wildman–Crippen MR) is 75.9 cm³/mol. The molecule has 3 aromatic rings. The van der Waals surface area contributed by atoms with Crippen molar-refractivity contribution < 1.29 is 14.3 Å². The third-order valence-electron chi connectivity index (χ3n) is 3.31. The summed E-state index contributed by atoms with van der Waals surface area (Å²) in [4.78, 5) is 11.0. The molecule has 1 heterocycles. The van der Waals surface area contributed by atoms with Crippen molar-refractivity contribution in [3.8, 4) is 0 Å². The second kappa shape index (κ2) is 4.81. The largest absolute Gasteiger partial charge is 0.618 e. The molecular formula is C16H13NO3. The minimum absolute atomic E-state index is 0.0236. The fraction of sp³-hybridized carbons (Fsp3) is 0.125. The van der Waals surface area contributed by atoms with Crippen LogP contribution < -0.4 is 4.73 Å². The van der Waals surface area contributed by atoms with Gasteiger partial charge in [-0.25, -0.2) is 0 Å². The molecule has 1 aromatic heterocycles. The number of hydrogen-bond donors (Lipinski definition) is 0. The predicted octanol–water partition coefficient (Wildman–Crippen LogP) is 2.69. The lowest BCUT2D eigenvalue weighted by Crippen LogP contribution is -2.33. The number of benzene rings is 2. The second-order valence-electron chi connectivity index (χ2n) is 4.58. The number of ether oxygens (including phenoxy) is 1. The number of carbonyl (C=O) groups is 1. The topological polar surface area (TPSA) is 53.2 Å². The first-order valence-corrected chi connectivity index (χ1v) is 6.33. The summed E-state index contributed by atoms with van der Waals surface area (Å²) in [6, 6.07) is 15.0. The van der Waals surface area contributed by atoms with E-state index in [1.165, 1.54) is 6.92 Å². The maximum atomic E-state index is 12.5. The van der Waals surface area contributed by atoms with E-state index in [1.807, 2.05) is 42.5 Å². The lowest BCUT2D eigenvalue weighted by atomic mass is 10.0. The third-order valence-corrected chi connectivity index (χ3v) is 3.31. The van der Waals surface area contributed by atoms with Gasteiger partial charge >= 0.3 is 5.97 Å². The van der Waals surface area contributed by atoms with E-state index >= 15 is 0 Å². The molecule has 0 fully saturated rings. The highest BCUT2D eigenvalue weighted by atomic mass is 16.5. The fourth-order valence-electron chi connectivity index (χ4n) is 2.41. The molecule has 0 aliphatic rings. The van der Waals surface area contributed by atoms with Gasteiger partial charge < -0.3 is 9.94 Å². The van der Waals surface area contributed by atoms with Crippen molar-refractivity contribution in [2.24, 2.45) is 0 Å². The van der Waals surface area contributed by atoms with Gasteiger partial charge in [-0.05, 0) is 12.1 Å². The van der Waals surface area contributed by atoms with E-state index < -0.39 is 5.97 Å². The van der Waals surface area contributed by atoms with Crippen LogP contribution in [0.1, 0.15) is 12.6 Å². The lowest BCUT2D eigenvalue weighted by Gasteiger charge is -2.11. The van der Waals surface area contributed by atoms with Crippen LogP contribution in [0.3, 0.4) is 0 Å². The van der Waals surface area contributed by atoms with Crippen molar-refractivity contribution in [1.82, 2.24) is 0 Å². The number of nitrogens with zero attached hydrogens (tertiary/aromatic N) is 1. The molecule has 0 atom stereocenters. The van der Waals surface area contributed by atoms with Gasteiger partial charge in [0.1, 0.15) is 0 Å². The molecule has 0 radical (unpaired) electrons. The molecule has 2 aromatic carbocycles. The summed E-state index contributed by atoms with van der Waals surface area (Å²) in [5, 5.41) is 15.2. The SMILES string of the molecule is CC(=O)OCc1c2ccccc2c2ccccc2[n+]1[O-]. The van der Waals surface area contributed by atoms with Crippen LogP contribution in [0.25, 0.3) is 21.7 Å². The highest BCUT2D eigenvalue weighted by molar-refractivity contribution is 6.04. The minimum Gasteiger partial charge on any atom is -0.618 e. The Bertz CT molecular complexity index is 811. The first kappa shape index (κ1) is 12.4. The normalized spacial score (nSPS) is 10.8. The third kappa shape index (κ3) is 1.95. The number of hydrogen-bond acceptors (Lipinski definition) is 3. The summed E-state index contributed by atoms with van der Waals surface area (Å²) in [6.45, 7) is 1.31. The van der Waals surface area contributed by atoms with Gasteiger partial charge in [-0.1, -0.05) is 30.3 Å². The van der Waals surface area contributed by atoms with Gasteiger partial charge in [-0.2, -0.15) is 4.73 Å². The number of pyridine rings is 1. The Hall–Kier alpha value is -2.62. The van der Waals surface area contributed by atoms with Crippen LogP contribution in [0.4, 0.5) is 0 Å². The quantitative estimate of drug-likeness (QED) is 0.310.